The van der Waals surface area contributed by atoms with E-state index in [1.165, 1.54) is 22.5 Å². The third-order valence-corrected chi connectivity index (χ3v) is 7.05. The number of carbonyl (C=O) groups is 2. The summed E-state index contributed by atoms with van der Waals surface area (Å²) in [7, 11) is -3.40. The fraction of sp³-hybridized carbons (Fsp3) is 0.250. The van der Waals surface area contributed by atoms with Crippen LogP contribution in [0.15, 0.2) is 48.5 Å². The summed E-state index contributed by atoms with van der Waals surface area (Å²) in [4.78, 5) is 25.4. The van der Waals surface area contributed by atoms with Gasteiger partial charge in [-0.2, -0.15) is 0 Å². The van der Waals surface area contributed by atoms with Gasteiger partial charge in [0.05, 0.1) is 17.5 Å². The van der Waals surface area contributed by atoms with E-state index < -0.39 is 21.8 Å². The first-order valence-electron chi connectivity index (χ1n) is 10.7. The van der Waals surface area contributed by atoms with Gasteiger partial charge in [0.15, 0.2) is 0 Å². The minimum Gasteiger partial charge on any atom is -0.318 e. The first kappa shape index (κ1) is 23.5. The summed E-state index contributed by atoms with van der Waals surface area (Å²) in [6.45, 7) is 4.01. The van der Waals surface area contributed by atoms with Crippen LogP contribution in [0.4, 0.5) is 10.1 Å². The van der Waals surface area contributed by atoms with Crippen LogP contribution >= 0.6 is 0 Å². The van der Waals surface area contributed by atoms with Gasteiger partial charge < -0.3 is 4.57 Å². The van der Waals surface area contributed by atoms with Gasteiger partial charge in [0.2, 0.25) is 10.0 Å². The molecular formula is C24H25FN4O4S. The summed E-state index contributed by atoms with van der Waals surface area (Å²) >= 11 is 0. The molecule has 0 fully saturated rings. The van der Waals surface area contributed by atoms with E-state index in [1.54, 1.807) is 37.3 Å². The molecule has 0 spiro atoms. The highest BCUT2D eigenvalue weighted by molar-refractivity contribution is 7.92. The Morgan fingerprint density at radius 2 is 1.65 bits per heavy atom. The molecule has 2 amide bonds. The van der Waals surface area contributed by atoms with E-state index in [2.05, 4.69) is 10.9 Å². The van der Waals surface area contributed by atoms with Crippen LogP contribution in [0.3, 0.4) is 0 Å². The molecule has 0 atom stereocenters. The fourth-order valence-corrected chi connectivity index (χ4v) is 5.28. The van der Waals surface area contributed by atoms with Crippen molar-refractivity contribution in [3.05, 3.63) is 82.4 Å². The number of nitrogens with zero attached hydrogens (tertiary/aromatic N) is 2. The van der Waals surface area contributed by atoms with Gasteiger partial charge in [0.25, 0.3) is 11.8 Å². The van der Waals surface area contributed by atoms with E-state index in [-0.39, 0.29) is 5.82 Å². The number of amides is 2. The molecule has 0 unspecified atom stereocenters. The number of halogens is 1. The zero-order valence-corrected chi connectivity index (χ0v) is 19.9. The maximum absolute atomic E-state index is 13.3. The number of anilines is 1. The van der Waals surface area contributed by atoms with Crippen molar-refractivity contribution in [2.24, 2.45) is 0 Å². The van der Waals surface area contributed by atoms with Crippen LogP contribution in [0.2, 0.25) is 0 Å². The second-order valence-electron chi connectivity index (χ2n) is 8.29. The lowest BCUT2D eigenvalue weighted by Crippen LogP contribution is -2.42. The van der Waals surface area contributed by atoms with Crippen LogP contribution in [-0.2, 0) is 16.4 Å². The number of hydrazine groups is 1. The number of fused-ring (bicyclic) bond motifs is 1. The molecule has 0 radical (unpaired) electrons. The number of aromatic nitrogens is 1. The SMILES string of the molecule is Cc1cc(C(=O)NNC(=O)c2ccc3c(c2)CCCN3S(C)(=O)=O)c(C)n1-c1ccc(F)cc1. The van der Waals surface area contributed by atoms with Gasteiger partial charge in [-0.3, -0.25) is 24.7 Å². The van der Waals surface area contributed by atoms with Crippen molar-refractivity contribution in [2.75, 3.05) is 17.1 Å². The predicted octanol–water partition coefficient (Wildman–Crippen LogP) is 3.02. The average molecular weight is 485 g/mol. The number of carbonyl (C=O) groups excluding carboxylic acids is 2. The van der Waals surface area contributed by atoms with Gasteiger partial charge in [-0.05, 0) is 80.8 Å². The molecule has 0 bridgehead atoms. The molecule has 0 aliphatic carbocycles. The van der Waals surface area contributed by atoms with Gasteiger partial charge >= 0.3 is 0 Å². The van der Waals surface area contributed by atoms with Gasteiger partial charge in [0.1, 0.15) is 5.82 Å². The molecule has 178 valence electrons. The molecule has 1 aliphatic rings. The lowest BCUT2D eigenvalue weighted by Gasteiger charge is -2.29. The highest BCUT2D eigenvalue weighted by atomic mass is 32.2. The van der Waals surface area contributed by atoms with Crippen molar-refractivity contribution in [2.45, 2.75) is 26.7 Å². The Bertz CT molecular complexity index is 1380. The van der Waals surface area contributed by atoms with Crippen LogP contribution in [-0.4, -0.2) is 37.6 Å². The summed E-state index contributed by atoms with van der Waals surface area (Å²) < 4.78 is 40.5. The van der Waals surface area contributed by atoms with E-state index in [4.69, 9.17) is 0 Å². The molecule has 2 N–H and O–H groups in total. The van der Waals surface area contributed by atoms with Crippen molar-refractivity contribution in [3.63, 3.8) is 0 Å². The van der Waals surface area contributed by atoms with Crippen molar-refractivity contribution in [3.8, 4) is 5.69 Å². The summed E-state index contributed by atoms with van der Waals surface area (Å²) in [5.74, 6) is -1.35. The normalized spacial score (nSPS) is 13.4. The zero-order chi connectivity index (χ0) is 24.6. The summed E-state index contributed by atoms with van der Waals surface area (Å²) in [6, 6.07) is 12.4. The van der Waals surface area contributed by atoms with E-state index >= 15 is 0 Å². The number of hydrogen-bond donors (Lipinski definition) is 2. The molecule has 2 heterocycles. The molecule has 1 aliphatic heterocycles. The minimum absolute atomic E-state index is 0.311. The Hall–Kier alpha value is -3.66. The van der Waals surface area contributed by atoms with Crippen molar-refractivity contribution in [1.29, 1.82) is 0 Å². The van der Waals surface area contributed by atoms with E-state index in [0.717, 1.165) is 23.2 Å². The molecule has 1 aromatic heterocycles. The lowest BCUT2D eigenvalue weighted by atomic mass is 10.0. The molecule has 0 saturated carbocycles. The number of sulfonamides is 1. The molecule has 34 heavy (non-hydrogen) atoms. The van der Waals surface area contributed by atoms with Crippen molar-refractivity contribution < 1.29 is 22.4 Å². The van der Waals surface area contributed by atoms with Crippen LogP contribution in [0.25, 0.3) is 5.69 Å². The number of aryl methyl sites for hydroxylation is 2. The largest absolute Gasteiger partial charge is 0.318 e. The number of rotatable bonds is 4. The van der Waals surface area contributed by atoms with Gasteiger partial charge in [-0.25, -0.2) is 12.8 Å². The van der Waals surface area contributed by atoms with Gasteiger partial charge in [-0.1, -0.05) is 0 Å². The quantitative estimate of drug-likeness (QED) is 0.556. The smallest absolute Gasteiger partial charge is 0.271 e. The lowest BCUT2D eigenvalue weighted by molar-refractivity contribution is 0.0846. The maximum Gasteiger partial charge on any atom is 0.271 e. The van der Waals surface area contributed by atoms with Crippen LogP contribution in [0, 0.1) is 19.7 Å². The third-order valence-electron chi connectivity index (χ3n) is 5.87. The highest BCUT2D eigenvalue weighted by Crippen LogP contribution is 2.30. The molecule has 10 heteroatoms. The second-order valence-corrected chi connectivity index (χ2v) is 10.2. The van der Waals surface area contributed by atoms with Gasteiger partial charge in [-0.15, -0.1) is 0 Å². The standard InChI is InChI=1S/C24H25FN4O4S/c1-15-13-21(16(2)29(15)20-9-7-19(25)8-10-20)24(31)27-26-23(30)18-6-11-22-17(14-18)5-4-12-28(22)34(3,32)33/h6-11,13-14H,4-5,12H2,1-3H3,(H,26,30)(H,27,31). The second kappa shape index (κ2) is 8.94. The van der Waals surface area contributed by atoms with Gasteiger partial charge in [0, 0.05) is 29.2 Å². The monoisotopic (exact) mass is 484 g/mol. The van der Waals surface area contributed by atoms with Crippen LogP contribution < -0.4 is 15.2 Å². The number of hydrogen-bond acceptors (Lipinski definition) is 4. The third kappa shape index (κ3) is 4.54. The summed E-state index contributed by atoms with van der Waals surface area (Å²) in [5.41, 5.74) is 9.02. The van der Waals surface area contributed by atoms with E-state index in [1.807, 2.05) is 11.5 Å². The zero-order valence-electron chi connectivity index (χ0n) is 19.1. The Balaban J connectivity index is 1.48. The Labute approximate surface area is 197 Å². The summed E-state index contributed by atoms with van der Waals surface area (Å²) in [5, 5.41) is 0. The minimum atomic E-state index is -3.40. The highest BCUT2D eigenvalue weighted by Gasteiger charge is 2.25. The Morgan fingerprint density at radius 3 is 2.32 bits per heavy atom. The Morgan fingerprint density at radius 1 is 0.971 bits per heavy atom. The van der Waals surface area contributed by atoms with Crippen molar-refractivity contribution in [1.82, 2.24) is 15.4 Å². The number of benzene rings is 2. The first-order chi connectivity index (χ1) is 16.1. The topological polar surface area (TPSA) is 101 Å². The molecule has 4 rings (SSSR count). The van der Waals surface area contributed by atoms with Crippen LogP contribution in [0.1, 0.15) is 44.1 Å². The fourth-order valence-electron chi connectivity index (χ4n) is 4.28. The predicted molar refractivity (Wildman–Crippen MR) is 127 cm³/mol. The molecule has 0 saturated heterocycles. The van der Waals surface area contributed by atoms with Crippen molar-refractivity contribution >= 4 is 27.5 Å². The number of nitrogens with one attached hydrogen (secondary N) is 2. The molecule has 8 nitrogen and oxygen atoms in total. The van der Waals surface area contributed by atoms with Crippen LogP contribution in [0.5, 0.6) is 0 Å². The van der Waals surface area contributed by atoms with E-state index in [0.29, 0.717) is 41.9 Å². The first-order valence-corrected chi connectivity index (χ1v) is 12.6. The molecule has 3 aromatic rings. The van der Waals surface area contributed by atoms with E-state index in [9.17, 15) is 22.4 Å². The average Bonchev–Trinajstić information content (AvgIpc) is 3.10. The molecular weight excluding hydrogens is 459 g/mol. The molecule has 2 aromatic carbocycles. The Kier molecular flexibility index (Phi) is 6.18. The summed E-state index contributed by atoms with van der Waals surface area (Å²) in [6.07, 6.45) is 2.47. The maximum atomic E-state index is 13.3.